The van der Waals surface area contributed by atoms with Gasteiger partial charge in [0.05, 0.1) is 19.8 Å². The minimum absolute atomic E-state index is 0.0436. The monoisotopic (exact) mass is 397 g/mol. The van der Waals surface area contributed by atoms with Crippen LogP contribution in [0.3, 0.4) is 0 Å². The first-order valence-electron chi connectivity index (χ1n) is 9.63. The lowest BCUT2D eigenvalue weighted by molar-refractivity contribution is 0.0358. The van der Waals surface area contributed by atoms with Crippen LogP contribution >= 0.6 is 0 Å². The zero-order chi connectivity index (χ0) is 20.2. The number of benzene rings is 2. The molecule has 0 spiro atoms. The molecule has 0 radical (unpaired) electrons. The second kappa shape index (κ2) is 8.55. The Morgan fingerprint density at radius 3 is 2.72 bits per heavy atom. The molecule has 4 rings (SSSR count). The number of rotatable bonds is 6. The Bertz CT molecular complexity index is 1050. The van der Waals surface area contributed by atoms with Crippen molar-refractivity contribution in [2.45, 2.75) is 6.42 Å². The summed E-state index contributed by atoms with van der Waals surface area (Å²) < 4.78 is 17.0. The van der Waals surface area contributed by atoms with Gasteiger partial charge in [-0.05, 0) is 18.6 Å². The summed E-state index contributed by atoms with van der Waals surface area (Å²) in [4.78, 5) is 14.8. The van der Waals surface area contributed by atoms with E-state index in [0.29, 0.717) is 23.7 Å². The Hall–Kier alpha value is -3.03. The third kappa shape index (κ3) is 4.52. The van der Waals surface area contributed by atoms with Crippen molar-refractivity contribution in [3.8, 4) is 28.6 Å². The van der Waals surface area contributed by atoms with Crippen molar-refractivity contribution in [2.75, 3.05) is 39.5 Å². The van der Waals surface area contributed by atoms with Crippen LogP contribution in [-0.4, -0.2) is 54.6 Å². The van der Waals surface area contributed by atoms with Crippen LogP contribution in [0.15, 0.2) is 51.7 Å². The number of morpholine rings is 1. The fraction of sp³-hybridized carbons (Fsp3) is 0.318. The first-order chi connectivity index (χ1) is 14.1. The van der Waals surface area contributed by atoms with E-state index in [2.05, 4.69) is 4.90 Å². The molecular formula is C22H23NO6. The van der Waals surface area contributed by atoms with Crippen molar-refractivity contribution < 1.29 is 24.1 Å². The SMILES string of the molecule is O=c1cc(-c2cccc(OCCCN3CCOCC3)c2)oc2cc(O)cc(O)c12. The summed E-state index contributed by atoms with van der Waals surface area (Å²) in [5.74, 6) is 0.544. The molecule has 1 saturated heterocycles. The van der Waals surface area contributed by atoms with Crippen LogP contribution in [0.4, 0.5) is 0 Å². The van der Waals surface area contributed by atoms with Crippen molar-refractivity contribution in [2.24, 2.45) is 0 Å². The van der Waals surface area contributed by atoms with E-state index >= 15 is 0 Å². The molecule has 1 aliphatic heterocycles. The Morgan fingerprint density at radius 1 is 1.07 bits per heavy atom. The predicted octanol–water partition coefficient (Wildman–Crippen LogP) is 2.97. The molecule has 152 valence electrons. The Labute approximate surface area is 167 Å². The van der Waals surface area contributed by atoms with Gasteiger partial charge in [0.2, 0.25) is 0 Å². The minimum Gasteiger partial charge on any atom is -0.508 e. The van der Waals surface area contributed by atoms with Gasteiger partial charge in [-0.15, -0.1) is 0 Å². The van der Waals surface area contributed by atoms with Gasteiger partial charge in [-0.3, -0.25) is 9.69 Å². The molecule has 1 fully saturated rings. The summed E-state index contributed by atoms with van der Waals surface area (Å²) in [6.07, 6.45) is 0.911. The highest BCUT2D eigenvalue weighted by atomic mass is 16.5. The highest BCUT2D eigenvalue weighted by Crippen LogP contribution is 2.31. The van der Waals surface area contributed by atoms with Crippen molar-refractivity contribution in [3.05, 3.63) is 52.7 Å². The first-order valence-corrected chi connectivity index (χ1v) is 9.63. The lowest BCUT2D eigenvalue weighted by atomic mass is 10.1. The van der Waals surface area contributed by atoms with E-state index in [4.69, 9.17) is 13.9 Å². The number of aromatic hydroxyl groups is 2. The topological polar surface area (TPSA) is 92.4 Å². The van der Waals surface area contributed by atoms with Gasteiger partial charge in [0.25, 0.3) is 0 Å². The Balaban J connectivity index is 1.47. The van der Waals surface area contributed by atoms with Crippen LogP contribution in [0.2, 0.25) is 0 Å². The summed E-state index contributed by atoms with van der Waals surface area (Å²) in [5.41, 5.74) is 0.426. The van der Waals surface area contributed by atoms with Gasteiger partial charge >= 0.3 is 0 Å². The van der Waals surface area contributed by atoms with Gasteiger partial charge in [-0.2, -0.15) is 0 Å². The van der Waals surface area contributed by atoms with Crippen molar-refractivity contribution >= 4 is 11.0 Å². The smallest absolute Gasteiger partial charge is 0.197 e. The summed E-state index contributed by atoms with van der Waals surface area (Å²) in [6, 6.07) is 11.1. The highest BCUT2D eigenvalue weighted by Gasteiger charge is 2.13. The average molecular weight is 397 g/mol. The summed E-state index contributed by atoms with van der Waals surface area (Å²) in [6.45, 7) is 5.05. The van der Waals surface area contributed by atoms with E-state index in [-0.39, 0.29) is 27.9 Å². The number of hydrogen-bond acceptors (Lipinski definition) is 7. The number of hydrogen-bond donors (Lipinski definition) is 2. The summed E-state index contributed by atoms with van der Waals surface area (Å²) >= 11 is 0. The second-order valence-corrected chi connectivity index (χ2v) is 7.00. The molecule has 2 heterocycles. The van der Waals surface area contributed by atoms with Crippen molar-refractivity contribution in [1.82, 2.24) is 4.90 Å². The van der Waals surface area contributed by atoms with E-state index in [1.54, 1.807) is 0 Å². The molecular weight excluding hydrogens is 374 g/mol. The average Bonchev–Trinajstić information content (AvgIpc) is 2.71. The zero-order valence-electron chi connectivity index (χ0n) is 16.0. The van der Waals surface area contributed by atoms with E-state index < -0.39 is 0 Å². The molecule has 0 atom stereocenters. The molecule has 7 heteroatoms. The fourth-order valence-electron chi connectivity index (χ4n) is 3.44. The van der Waals surface area contributed by atoms with Crippen LogP contribution in [0.25, 0.3) is 22.3 Å². The number of nitrogens with zero attached hydrogens (tertiary/aromatic N) is 1. The van der Waals surface area contributed by atoms with Crippen molar-refractivity contribution in [1.29, 1.82) is 0 Å². The minimum atomic E-state index is -0.379. The molecule has 3 aromatic rings. The van der Waals surface area contributed by atoms with Gasteiger partial charge in [-0.25, -0.2) is 0 Å². The molecule has 2 aromatic carbocycles. The molecule has 0 saturated carbocycles. The fourth-order valence-corrected chi connectivity index (χ4v) is 3.44. The first kappa shape index (κ1) is 19.3. The van der Waals surface area contributed by atoms with Gasteiger partial charge in [0.1, 0.15) is 34.0 Å². The largest absolute Gasteiger partial charge is 0.508 e. The van der Waals surface area contributed by atoms with Gasteiger partial charge in [0.15, 0.2) is 5.43 Å². The standard InChI is InChI=1S/C22H23NO6/c24-16-12-18(25)22-19(26)14-20(29-21(22)13-16)15-3-1-4-17(11-15)28-8-2-5-23-6-9-27-10-7-23/h1,3-4,11-14,24-25H,2,5-10H2. The second-order valence-electron chi connectivity index (χ2n) is 7.00. The van der Waals surface area contributed by atoms with E-state index in [0.717, 1.165) is 45.3 Å². The molecule has 0 amide bonds. The highest BCUT2D eigenvalue weighted by molar-refractivity contribution is 5.86. The number of fused-ring (bicyclic) bond motifs is 1. The molecule has 0 aliphatic carbocycles. The lowest BCUT2D eigenvalue weighted by Crippen LogP contribution is -2.37. The normalized spacial score (nSPS) is 14.9. The van der Waals surface area contributed by atoms with E-state index in [9.17, 15) is 15.0 Å². The third-order valence-electron chi connectivity index (χ3n) is 4.90. The van der Waals surface area contributed by atoms with Crippen LogP contribution in [0.5, 0.6) is 17.2 Å². The van der Waals surface area contributed by atoms with Crippen molar-refractivity contribution in [3.63, 3.8) is 0 Å². The van der Waals surface area contributed by atoms with E-state index in [1.807, 2.05) is 24.3 Å². The molecule has 1 aromatic heterocycles. The maximum atomic E-state index is 12.4. The third-order valence-corrected chi connectivity index (χ3v) is 4.90. The maximum Gasteiger partial charge on any atom is 0.197 e. The van der Waals surface area contributed by atoms with Crippen LogP contribution < -0.4 is 10.2 Å². The Kier molecular flexibility index (Phi) is 5.69. The molecule has 0 bridgehead atoms. The lowest BCUT2D eigenvalue weighted by Gasteiger charge is -2.26. The van der Waals surface area contributed by atoms with Gasteiger partial charge in [-0.1, -0.05) is 12.1 Å². The van der Waals surface area contributed by atoms with Crippen LogP contribution in [0, 0.1) is 0 Å². The maximum absolute atomic E-state index is 12.4. The van der Waals surface area contributed by atoms with Crippen LogP contribution in [-0.2, 0) is 4.74 Å². The summed E-state index contributed by atoms with van der Waals surface area (Å²) in [7, 11) is 0. The Morgan fingerprint density at radius 2 is 1.90 bits per heavy atom. The number of phenolic OH excluding ortho intramolecular Hbond substituents is 2. The zero-order valence-corrected chi connectivity index (χ0v) is 16.0. The van der Waals surface area contributed by atoms with Gasteiger partial charge in [0, 0.05) is 43.4 Å². The quantitative estimate of drug-likeness (QED) is 0.618. The van der Waals surface area contributed by atoms with Gasteiger partial charge < -0.3 is 24.1 Å². The molecule has 1 aliphatic rings. The predicted molar refractivity (Wildman–Crippen MR) is 109 cm³/mol. The molecule has 29 heavy (non-hydrogen) atoms. The number of phenols is 2. The van der Waals surface area contributed by atoms with E-state index in [1.165, 1.54) is 12.1 Å². The summed E-state index contributed by atoms with van der Waals surface area (Å²) in [5, 5.41) is 19.6. The molecule has 7 nitrogen and oxygen atoms in total. The van der Waals surface area contributed by atoms with Crippen LogP contribution in [0.1, 0.15) is 6.42 Å². The number of ether oxygens (including phenoxy) is 2. The molecule has 2 N–H and O–H groups in total. The molecule has 0 unspecified atom stereocenters.